The van der Waals surface area contributed by atoms with Crippen molar-refractivity contribution >= 4 is 5.78 Å². The molecule has 3 atom stereocenters. The summed E-state index contributed by atoms with van der Waals surface area (Å²) >= 11 is 0. The van der Waals surface area contributed by atoms with Crippen LogP contribution in [0.1, 0.15) is 26.2 Å². The second kappa shape index (κ2) is 3.39. The van der Waals surface area contributed by atoms with Gasteiger partial charge in [-0.2, -0.15) is 0 Å². The lowest BCUT2D eigenvalue weighted by atomic mass is 9.65. The van der Waals surface area contributed by atoms with E-state index in [4.69, 9.17) is 4.74 Å². The zero-order chi connectivity index (χ0) is 10.3. The minimum absolute atomic E-state index is 0.111. The smallest absolute Gasteiger partial charge is 0.168 e. The van der Waals surface area contributed by atoms with Gasteiger partial charge in [-0.3, -0.25) is 4.79 Å². The summed E-state index contributed by atoms with van der Waals surface area (Å²) < 4.78 is 5.13. The molecule has 0 radical (unpaired) electrons. The van der Waals surface area contributed by atoms with Crippen LogP contribution in [0.25, 0.3) is 0 Å². The molecule has 0 aromatic rings. The van der Waals surface area contributed by atoms with E-state index in [9.17, 15) is 9.90 Å². The fourth-order valence-electron chi connectivity index (χ4n) is 2.69. The highest BCUT2D eigenvalue weighted by Gasteiger charge is 2.45. The van der Waals surface area contributed by atoms with Crippen molar-refractivity contribution in [2.45, 2.75) is 32.3 Å². The number of hydrogen-bond donors (Lipinski definition) is 1. The minimum atomic E-state index is -0.422. The zero-order valence-electron chi connectivity index (χ0n) is 8.62. The molecular weight excluding hydrogens is 180 g/mol. The van der Waals surface area contributed by atoms with Crippen molar-refractivity contribution < 1.29 is 14.6 Å². The van der Waals surface area contributed by atoms with Gasteiger partial charge in [-0.25, -0.2) is 0 Å². The van der Waals surface area contributed by atoms with E-state index in [2.05, 4.69) is 0 Å². The lowest BCUT2D eigenvalue weighted by Gasteiger charge is -2.40. The molecule has 14 heavy (non-hydrogen) atoms. The number of hydrogen-bond acceptors (Lipinski definition) is 3. The third kappa shape index (κ3) is 1.27. The van der Waals surface area contributed by atoms with Gasteiger partial charge < -0.3 is 9.84 Å². The number of aliphatic hydroxyl groups excluding tert-OH is 1. The predicted molar refractivity (Wildman–Crippen MR) is 51.6 cm³/mol. The molecule has 2 bridgehead atoms. The van der Waals surface area contributed by atoms with E-state index in [1.807, 2.05) is 6.92 Å². The van der Waals surface area contributed by atoms with Crippen LogP contribution in [0.5, 0.6) is 0 Å². The fraction of sp³-hybridized carbons (Fsp3) is 0.727. The van der Waals surface area contributed by atoms with Crippen molar-refractivity contribution in [2.24, 2.45) is 11.8 Å². The lowest BCUT2D eigenvalue weighted by molar-refractivity contribution is -0.130. The number of fused-ring (bicyclic) bond motifs is 3. The molecule has 3 aliphatic rings. The van der Waals surface area contributed by atoms with Crippen LogP contribution in [0.3, 0.4) is 0 Å². The molecule has 0 aromatic carbocycles. The highest BCUT2D eigenvalue weighted by atomic mass is 16.5. The lowest BCUT2D eigenvalue weighted by Crippen LogP contribution is -2.44. The molecule has 3 aliphatic carbocycles. The predicted octanol–water partition coefficient (Wildman–Crippen LogP) is 1.27. The Morgan fingerprint density at radius 3 is 2.71 bits per heavy atom. The van der Waals surface area contributed by atoms with Crippen molar-refractivity contribution in [2.75, 3.05) is 7.11 Å². The van der Waals surface area contributed by atoms with Gasteiger partial charge in [0.05, 0.1) is 19.0 Å². The van der Waals surface area contributed by atoms with E-state index in [-0.39, 0.29) is 17.6 Å². The molecule has 0 aromatic heterocycles. The first-order valence-electron chi connectivity index (χ1n) is 5.12. The molecule has 3 fully saturated rings. The van der Waals surface area contributed by atoms with Crippen LogP contribution in [-0.4, -0.2) is 24.1 Å². The summed E-state index contributed by atoms with van der Waals surface area (Å²) in [6.07, 6.45) is 2.16. The largest absolute Gasteiger partial charge is 0.501 e. The number of ether oxygens (including phenoxy) is 1. The van der Waals surface area contributed by atoms with Crippen LogP contribution < -0.4 is 0 Å². The van der Waals surface area contributed by atoms with Crippen molar-refractivity contribution in [3.8, 4) is 0 Å². The van der Waals surface area contributed by atoms with Crippen LogP contribution in [0.4, 0.5) is 0 Å². The monoisotopic (exact) mass is 196 g/mol. The Balaban J connectivity index is 2.35. The summed E-state index contributed by atoms with van der Waals surface area (Å²) in [6.45, 7) is 1.83. The van der Waals surface area contributed by atoms with E-state index < -0.39 is 6.10 Å². The molecule has 3 heteroatoms. The Bertz CT molecular complexity index is 293. The number of aliphatic hydroxyl groups is 1. The van der Waals surface area contributed by atoms with Gasteiger partial charge in [0.15, 0.2) is 5.78 Å². The molecule has 3 nitrogen and oxygen atoms in total. The molecule has 0 spiro atoms. The molecule has 0 amide bonds. The summed E-state index contributed by atoms with van der Waals surface area (Å²) in [5, 5.41) is 9.66. The molecule has 3 rings (SSSR count). The fourth-order valence-corrected chi connectivity index (χ4v) is 2.69. The zero-order valence-corrected chi connectivity index (χ0v) is 8.62. The summed E-state index contributed by atoms with van der Waals surface area (Å²) in [7, 11) is 1.59. The van der Waals surface area contributed by atoms with E-state index in [0.717, 1.165) is 30.6 Å². The van der Waals surface area contributed by atoms with Crippen molar-refractivity contribution in [3.05, 3.63) is 11.3 Å². The van der Waals surface area contributed by atoms with Crippen LogP contribution in [0.2, 0.25) is 0 Å². The van der Waals surface area contributed by atoms with Crippen LogP contribution in [0.15, 0.2) is 11.3 Å². The number of Topliss-reactive ketones (excluding diaryl/α,β-unsaturated/α-hetero) is 1. The number of methoxy groups -OCH3 is 1. The second-order valence-electron chi connectivity index (χ2n) is 4.22. The molecule has 78 valence electrons. The van der Waals surface area contributed by atoms with E-state index in [1.54, 1.807) is 7.11 Å². The summed E-state index contributed by atoms with van der Waals surface area (Å²) in [5.74, 6) is 0.901. The van der Waals surface area contributed by atoms with Gasteiger partial charge in [-0.05, 0) is 32.1 Å². The highest BCUT2D eigenvalue weighted by molar-refractivity contribution is 6.00. The Kier molecular flexibility index (Phi) is 2.35. The molecule has 0 unspecified atom stereocenters. The molecule has 0 saturated heterocycles. The SMILES string of the molecule is CO/C(C)=C1/C(=O)[C@@H]2CC[C@H]1C[C@@H]2O. The topological polar surface area (TPSA) is 46.5 Å². The number of allylic oxidation sites excluding steroid dienone is 2. The van der Waals surface area contributed by atoms with Crippen LogP contribution >= 0.6 is 0 Å². The maximum Gasteiger partial charge on any atom is 0.168 e. The number of rotatable bonds is 1. The first kappa shape index (κ1) is 9.71. The van der Waals surface area contributed by atoms with Crippen LogP contribution in [0, 0.1) is 11.8 Å². The second-order valence-corrected chi connectivity index (χ2v) is 4.22. The summed E-state index contributed by atoms with van der Waals surface area (Å²) in [5.41, 5.74) is 0.828. The molecule has 1 N–H and O–H groups in total. The first-order chi connectivity index (χ1) is 6.65. The average molecular weight is 196 g/mol. The maximum absolute atomic E-state index is 11.9. The van der Waals surface area contributed by atoms with Gasteiger partial charge >= 0.3 is 0 Å². The quantitative estimate of drug-likeness (QED) is 0.507. The molecule has 3 saturated carbocycles. The Morgan fingerprint density at radius 2 is 2.21 bits per heavy atom. The Labute approximate surface area is 83.8 Å². The van der Waals surface area contributed by atoms with Crippen molar-refractivity contribution in [1.82, 2.24) is 0 Å². The highest BCUT2D eigenvalue weighted by Crippen LogP contribution is 2.43. The third-order valence-corrected chi connectivity index (χ3v) is 3.51. The van der Waals surface area contributed by atoms with Gasteiger partial charge in [-0.15, -0.1) is 0 Å². The average Bonchev–Trinajstić information content (AvgIpc) is 2.17. The van der Waals surface area contributed by atoms with Gasteiger partial charge in [0.25, 0.3) is 0 Å². The third-order valence-electron chi connectivity index (χ3n) is 3.51. The summed E-state index contributed by atoms with van der Waals surface area (Å²) in [6, 6.07) is 0. The van der Waals surface area contributed by atoms with Gasteiger partial charge in [0.1, 0.15) is 0 Å². The Morgan fingerprint density at radius 1 is 1.50 bits per heavy atom. The normalized spacial score (nSPS) is 39.9. The van der Waals surface area contributed by atoms with Crippen molar-refractivity contribution in [1.29, 1.82) is 0 Å². The van der Waals surface area contributed by atoms with Crippen LogP contribution in [-0.2, 0) is 9.53 Å². The van der Waals surface area contributed by atoms with E-state index >= 15 is 0 Å². The molecule has 0 aliphatic heterocycles. The Hall–Kier alpha value is -0.830. The number of ketones is 1. The van der Waals surface area contributed by atoms with E-state index in [1.165, 1.54) is 0 Å². The number of carbonyl (C=O) groups excluding carboxylic acids is 1. The van der Waals surface area contributed by atoms with Gasteiger partial charge in [0, 0.05) is 11.5 Å². The molecule has 0 heterocycles. The van der Waals surface area contributed by atoms with Crippen molar-refractivity contribution in [3.63, 3.8) is 0 Å². The summed E-state index contributed by atoms with van der Waals surface area (Å²) in [4.78, 5) is 11.9. The minimum Gasteiger partial charge on any atom is -0.501 e. The first-order valence-corrected chi connectivity index (χ1v) is 5.12. The van der Waals surface area contributed by atoms with E-state index in [0.29, 0.717) is 0 Å². The van der Waals surface area contributed by atoms with Gasteiger partial charge in [-0.1, -0.05) is 0 Å². The maximum atomic E-state index is 11.9. The number of carbonyl (C=O) groups is 1. The molecular formula is C11H16O3. The van der Waals surface area contributed by atoms with Gasteiger partial charge in [0.2, 0.25) is 0 Å². The standard InChI is InChI=1S/C11H16O3/c1-6(14-2)10-7-3-4-8(11(10)13)9(12)5-7/h7-9,12H,3-5H2,1-2H3/b10-6+/t7-,8+,9-/m0/s1.